The van der Waals surface area contributed by atoms with Crippen LogP contribution in [-0.4, -0.2) is 73.8 Å². The van der Waals surface area contributed by atoms with E-state index < -0.39 is 6.67 Å². The molecule has 9 nitrogen and oxygen atoms in total. The van der Waals surface area contributed by atoms with E-state index in [9.17, 15) is 9.18 Å². The fourth-order valence-electron chi connectivity index (χ4n) is 4.32. The van der Waals surface area contributed by atoms with E-state index in [0.29, 0.717) is 28.9 Å². The highest BCUT2D eigenvalue weighted by Gasteiger charge is 2.25. The molecule has 36 heavy (non-hydrogen) atoms. The van der Waals surface area contributed by atoms with E-state index in [1.807, 2.05) is 25.1 Å². The number of piperazine rings is 1. The molecule has 3 aromatic rings. The Labute approximate surface area is 209 Å². The summed E-state index contributed by atoms with van der Waals surface area (Å²) < 4.78 is 18.5. The van der Waals surface area contributed by atoms with Gasteiger partial charge in [0.15, 0.2) is 6.61 Å². The maximum absolute atomic E-state index is 13.0. The topological polar surface area (TPSA) is 85.9 Å². The van der Waals surface area contributed by atoms with Gasteiger partial charge in [-0.05, 0) is 56.4 Å². The van der Waals surface area contributed by atoms with Gasteiger partial charge in [-0.2, -0.15) is 4.98 Å². The lowest BCUT2D eigenvalue weighted by atomic mass is 10.2. The first-order chi connectivity index (χ1) is 17.5. The number of rotatable bonds is 7. The summed E-state index contributed by atoms with van der Waals surface area (Å²) in [5, 5.41) is 6.56. The predicted octanol–water partition coefficient (Wildman–Crippen LogP) is 3.72. The summed E-state index contributed by atoms with van der Waals surface area (Å²) in [5.41, 5.74) is 4.21. The average molecular weight is 492 g/mol. The highest BCUT2D eigenvalue weighted by Crippen LogP contribution is 2.35. The van der Waals surface area contributed by atoms with E-state index in [-0.39, 0.29) is 19.1 Å². The third-order valence-corrected chi connectivity index (χ3v) is 6.44. The Morgan fingerprint density at radius 3 is 2.53 bits per heavy atom. The van der Waals surface area contributed by atoms with Crippen LogP contribution in [0.25, 0.3) is 0 Å². The zero-order valence-corrected chi connectivity index (χ0v) is 20.5. The number of hydrogen-bond donors (Lipinski definition) is 2. The van der Waals surface area contributed by atoms with E-state index in [0.717, 1.165) is 37.4 Å². The summed E-state index contributed by atoms with van der Waals surface area (Å²) in [5.74, 6) is 1.38. The SMILES string of the molecule is Cc1cnc(Nc2ccc(N3CCN(C)CC3)cc2)nc1Nc1ccc2c(c1)N(CCF)C(=O)CO2. The van der Waals surface area contributed by atoms with Gasteiger partial charge in [-0.15, -0.1) is 0 Å². The summed E-state index contributed by atoms with van der Waals surface area (Å²) >= 11 is 0. The third kappa shape index (κ3) is 5.18. The molecule has 1 aromatic heterocycles. The minimum atomic E-state index is -0.626. The molecule has 3 heterocycles. The predicted molar refractivity (Wildman–Crippen MR) is 140 cm³/mol. The van der Waals surface area contributed by atoms with Crippen molar-refractivity contribution in [1.82, 2.24) is 14.9 Å². The summed E-state index contributed by atoms with van der Waals surface area (Å²) in [6, 6.07) is 13.7. The van der Waals surface area contributed by atoms with Crippen molar-refractivity contribution < 1.29 is 13.9 Å². The standard InChI is InChI=1S/C26H30FN7O2/c1-18-16-28-26(30-19-3-6-21(7-4-19)33-13-11-32(2)12-14-33)31-25(18)29-20-5-8-23-22(15-20)34(10-9-27)24(35)17-36-23/h3-8,15-16H,9-14,17H2,1-2H3,(H2,28,29,30,31). The number of ether oxygens (including phenoxy) is 1. The molecule has 0 bridgehead atoms. The van der Waals surface area contributed by atoms with E-state index in [4.69, 9.17) is 4.74 Å². The number of amides is 1. The van der Waals surface area contributed by atoms with E-state index in [1.54, 1.807) is 18.3 Å². The molecule has 1 amide bonds. The third-order valence-electron chi connectivity index (χ3n) is 6.44. The minimum absolute atomic E-state index is 0.00710. The van der Waals surface area contributed by atoms with E-state index >= 15 is 0 Å². The van der Waals surface area contributed by atoms with Crippen LogP contribution < -0.4 is 25.2 Å². The highest BCUT2D eigenvalue weighted by atomic mass is 19.1. The normalized spacial score (nSPS) is 15.9. The number of hydrogen-bond acceptors (Lipinski definition) is 8. The second-order valence-corrected chi connectivity index (χ2v) is 9.02. The van der Waals surface area contributed by atoms with Crippen molar-refractivity contribution in [3.63, 3.8) is 0 Å². The van der Waals surface area contributed by atoms with E-state index in [1.165, 1.54) is 10.6 Å². The number of nitrogens with zero attached hydrogens (tertiary/aromatic N) is 5. The molecule has 5 rings (SSSR count). The molecule has 0 radical (unpaired) electrons. The first-order valence-corrected chi connectivity index (χ1v) is 12.0. The zero-order valence-electron chi connectivity index (χ0n) is 20.5. The van der Waals surface area contributed by atoms with Crippen molar-refractivity contribution in [1.29, 1.82) is 0 Å². The Kier molecular flexibility index (Phi) is 6.86. The molecule has 0 unspecified atom stereocenters. The molecular formula is C26H30FN7O2. The van der Waals surface area contributed by atoms with Gasteiger partial charge in [-0.1, -0.05) is 0 Å². The van der Waals surface area contributed by atoms with Gasteiger partial charge in [0.25, 0.3) is 5.91 Å². The number of aryl methyl sites for hydroxylation is 1. The number of nitrogens with one attached hydrogen (secondary N) is 2. The quantitative estimate of drug-likeness (QED) is 0.517. The van der Waals surface area contributed by atoms with Crippen molar-refractivity contribution in [2.45, 2.75) is 6.92 Å². The summed E-state index contributed by atoms with van der Waals surface area (Å²) in [6.45, 7) is 5.37. The second kappa shape index (κ2) is 10.4. The lowest BCUT2D eigenvalue weighted by molar-refractivity contribution is -0.121. The Hall–Kier alpha value is -3.92. The van der Waals surface area contributed by atoms with Crippen LogP contribution in [0.5, 0.6) is 5.75 Å². The molecule has 2 N–H and O–H groups in total. The van der Waals surface area contributed by atoms with Gasteiger partial charge in [0.1, 0.15) is 18.2 Å². The number of fused-ring (bicyclic) bond motifs is 1. The summed E-state index contributed by atoms with van der Waals surface area (Å²) in [6.07, 6.45) is 1.75. The Balaban J connectivity index is 1.30. The molecule has 188 valence electrons. The van der Waals surface area contributed by atoms with Crippen LogP contribution >= 0.6 is 0 Å². The van der Waals surface area contributed by atoms with Crippen LogP contribution in [-0.2, 0) is 4.79 Å². The summed E-state index contributed by atoms with van der Waals surface area (Å²) in [7, 11) is 2.15. The van der Waals surface area contributed by atoms with Crippen LogP contribution in [0.15, 0.2) is 48.7 Å². The molecular weight excluding hydrogens is 461 g/mol. The van der Waals surface area contributed by atoms with Gasteiger partial charge in [0.05, 0.1) is 12.2 Å². The van der Waals surface area contributed by atoms with Gasteiger partial charge in [0.2, 0.25) is 5.95 Å². The van der Waals surface area contributed by atoms with Crippen molar-refractivity contribution in [2.75, 3.05) is 73.5 Å². The largest absolute Gasteiger partial charge is 0.482 e. The molecule has 1 fully saturated rings. The molecule has 2 aliphatic heterocycles. The van der Waals surface area contributed by atoms with Crippen molar-refractivity contribution in [3.05, 3.63) is 54.2 Å². The number of aromatic nitrogens is 2. The smallest absolute Gasteiger partial charge is 0.265 e. The number of halogens is 1. The molecule has 1 saturated heterocycles. The number of carbonyl (C=O) groups is 1. The Morgan fingerprint density at radius 1 is 1.03 bits per heavy atom. The van der Waals surface area contributed by atoms with Crippen LogP contribution in [0.4, 0.5) is 38.9 Å². The number of carbonyl (C=O) groups excluding carboxylic acids is 1. The fraction of sp³-hybridized carbons (Fsp3) is 0.346. The molecule has 0 saturated carbocycles. The highest BCUT2D eigenvalue weighted by molar-refractivity contribution is 5.98. The number of alkyl halides is 1. The van der Waals surface area contributed by atoms with Gasteiger partial charge < -0.3 is 30.1 Å². The molecule has 2 aromatic carbocycles. The number of anilines is 6. The van der Waals surface area contributed by atoms with E-state index in [2.05, 4.69) is 49.6 Å². The zero-order chi connectivity index (χ0) is 25.1. The van der Waals surface area contributed by atoms with Gasteiger partial charge in [0, 0.05) is 55.0 Å². The second-order valence-electron chi connectivity index (χ2n) is 9.02. The number of likely N-dealkylation sites (N-methyl/N-ethyl adjacent to an activating group) is 1. The maximum Gasteiger partial charge on any atom is 0.265 e. The maximum atomic E-state index is 13.0. The molecule has 2 aliphatic rings. The number of benzene rings is 2. The van der Waals surface area contributed by atoms with Crippen molar-refractivity contribution >= 4 is 40.4 Å². The minimum Gasteiger partial charge on any atom is -0.482 e. The molecule has 0 atom stereocenters. The Morgan fingerprint density at radius 2 is 1.78 bits per heavy atom. The Bertz CT molecular complexity index is 1230. The van der Waals surface area contributed by atoms with Crippen LogP contribution in [0, 0.1) is 6.92 Å². The van der Waals surface area contributed by atoms with Gasteiger partial charge >= 0.3 is 0 Å². The molecule has 0 spiro atoms. The van der Waals surface area contributed by atoms with Crippen molar-refractivity contribution in [3.8, 4) is 5.75 Å². The first kappa shape index (κ1) is 23.8. The van der Waals surface area contributed by atoms with Gasteiger partial charge in [-0.3, -0.25) is 4.79 Å². The first-order valence-electron chi connectivity index (χ1n) is 12.0. The monoisotopic (exact) mass is 491 g/mol. The fourth-order valence-corrected chi connectivity index (χ4v) is 4.32. The lowest BCUT2D eigenvalue weighted by Gasteiger charge is -2.34. The van der Waals surface area contributed by atoms with Crippen molar-refractivity contribution in [2.24, 2.45) is 0 Å². The summed E-state index contributed by atoms with van der Waals surface area (Å²) in [4.78, 5) is 27.4. The van der Waals surface area contributed by atoms with Crippen LogP contribution in [0.1, 0.15) is 5.56 Å². The average Bonchev–Trinajstić information content (AvgIpc) is 2.89. The van der Waals surface area contributed by atoms with Crippen LogP contribution in [0.2, 0.25) is 0 Å². The lowest BCUT2D eigenvalue weighted by Crippen LogP contribution is -2.44. The molecule has 10 heteroatoms. The van der Waals surface area contributed by atoms with Gasteiger partial charge in [-0.25, -0.2) is 9.37 Å². The molecule has 0 aliphatic carbocycles. The van der Waals surface area contributed by atoms with Crippen LogP contribution in [0.3, 0.4) is 0 Å².